The molecule has 0 radical (unpaired) electrons. The summed E-state index contributed by atoms with van der Waals surface area (Å²) in [4.78, 5) is 30.4. The van der Waals surface area contributed by atoms with Crippen molar-refractivity contribution in [3.05, 3.63) is 69.7 Å². The number of ether oxygens (including phenoxy) is 1. The quantitative estimate of drug-likeness (QED) is 0.272. The van der Waals surface area contributed by atoms with Crippen molar-refractivity contribution in [3.63, 3.8) is 0 Å². The highest BCUT2D eigenvalue weighted by atomic mass is 32.1. The number of alkyl halides is 3. The number of hydrogen-bond acceptors (Lipinski definition) is 5. The van der Waals surface area contributed by atoms with E-state index in [2.05, 4.69) is 4.98 Å². The van der Waals surface area contributed by atoms with Gasteiger partial charge in [0.15, 0.2) is 17.2 Å². The van der Waals surface area contributed by atoms with E-state index in [-0.39, 0.29) is 23.9 Å². The summed E-state index contributed by atoms with van der Waals surface area (Å²) >= 11 is 1.45. The molecule has 0 unspecified atom stereocenters. The first-order valence-corrected chi connectivity index (χ1v) is 12.5. The molecule has 2 aromatic carbocycles. The standard InChI is InChI=1S/C28H30F3NO3S/c1-16(2)25-22(32-26(36-25)19-7-10-21(11-8-19)28(29,30)31)12-13-23(34)20-9-14-24(17(3)15-20)35-27(5,6)18(4)33/h7-11,14-16H,12-13H2,1-6H3. The third-order valence-corrected chi connectivity index (χ3v) is 7.46. The largest absolute Gasteiger partial charge is 0.480 e. The second-order valence-electron chi connectivity index (χ2n) is 9.63. The molecule has 0 saturated heterocycles. The fraction of sp³-hybridized carbons (Fsp3) is 0.393. The van der Waals surface area contributed by atoms with Crippen LogP contribution in [0.5, 0.6) is 5.75 Å². The highest BCUT2D eigenvalue weighted by Crippen LogP contribution is 2.36. The molecule has 0 atom stereocenters. The summed E-state index contributed by atoms with van der Waals surface area (Å²) in [7, 11) is 0. The first kappa shape index (κ1) is 27.6. The molecule has 1 heterocycles. The molecule has 0 bridgehead atoms. The van der Waals surface area contributed by atoms with Crippen molar-refractivity contribution in [1.29, 1.82) is 0 Å². The predicted molar refractivity (Wildman–Crippen MR) is 136 cm³/mol. The van der Waals surface area contributed by atoms with E-state index >= 15 is 0 Å². The first-order chi connectivity index (χ1) is 16.7. The Bertz CT molecular complexity index is 1260. The Balaban J connectivity index is 1.75. The number of carbonyl (C=O) groups excluding carboxylic acids is 2. The Labute approximate surface area is 213 Å². The summed E-state index contributed by atoms with van der Waals surface area (Å²) in [5.74, 6) is 0.574. The van der Waals surface area contributed by atoms with Crippen molar-refractivity contribution in [3.8, 4) is 16.3 Å². The summed E-state index contributed by atoms with van der Waals surface area (Å²) < 4.78 is 44.5. The minimum Gasteiger partial charge on any atom is -0.480 e. The van der Waals surface area contributed by atoms with Gasteiger partial charge >= 0.3 is 6.18 Å². The summed E-state index contributed by atoms with van der Waals surface area (Å²) in [6.45, 7) is 10.8. The topological polar surface area (TPSA) is 56.3 Å². The fourth-order valence-corrected chi connectivity index (χ4v) is 4.70. The molecule has 0 N–H and O–H groups in total. The van der Waals surface area contributed by atoms with Crippen LogP contribution in [0.3, 0.4) is 0 Å². The van der Waals surface area contributed by atoms with Crippen LogP contribution in [-0.2, 0) is 17.4 Å². The van der Waals surface area contributed by atoms with Crippen molar-refractivity contribution in [2.45, 2.75) is 72.1 Å². The maximum atomic E-state index is 12.9. The van der Waals surface area contributed by atoms with Crippen molar-refractivity contribution in [2.75, 3.05) is 0 Å². The van der Waals surface area contributed by atoms with E-state index in [0.717, 1.165) is 28.3 Å². The zero-order valence-corrected chi connectivity index (χ0v) is 22.1. The Morgan fingerprint density at radius 3 is 2.22 bits per heavy atom. The van der Waals surface area contributed by atoms with Gasteiger partial charge in [0.1, 0.15) is 10.8 Å². The minimum absolute atomic E-state index is 0.0470. The third-order valence-electron chi connectivity index (χ3n) is 6.01. The van der Waals surface area contributed by atoms with Gasteiger partial charge in [0.05, 0.1) is 11.3 Å². The number of rotatable bonds is 9. The number of hydrogen-bond donors (Lipinski definition) is 0. The number of halogens is 3. The van der Waals surface area contributed by atoms with Crippen molar-refractivity contribution in [2.24, 2.45) is 0 Å². The van der Waals surface area contributed by atoms with E-state index in [4.69, 9.17) is 4.74 Å². The molecule has 0 fully saturated rings. The van der Waals surface area contributed by atoms with Gasteiger partial charge in [-0.15, -0.1) is 11.3 Å². The first-order valence-electron chi connectivity index (χ1n) is 11.7. The van der Waals surface area contributed by atoms with Crippen molar-refractivity contribution in [1.82, 2.24) is 4.98 Å². The van der Waals surface area contributed by atoms with Crippen LogP contribution in [0.25, 0.3) is 10.6 Å². The molecule has 0 aliphatic heterocycles. The molecule has 0 spiro atoms. The van der Waals surface area contributed by atoms with Crippen LogP contribution >= 0.6 is 11.3 Å². The maximum Gasteiger partial charge on any atom is 0.416 e. The summed E-state index contributed by atoms with van der Waals surface area (Å²) in [5.41, 5.74) is 1.06. The number of thiazole rings is 1. The Morgan fingerprint density at radius 2 is 1.69 bits per heavy atom. The summed E-state index contributed by atoms with van der Waals surface area (Å²) in [5, 5.41) is 0.639. The Kier molecular flexibility index (Phi) is 8.08. The molecule has 0 aliphatic carbocycles. The highest BCUT2D eigenvalue weighted by Gasteiger charge is 2.30. The second kappa shape index (κ2) is 10.5. The molecule has 8 heteroatoms. The SMILES string of the molecule is CC(=O)C(C)(C)Oc1ccc(C(=O)CCc2nc(-c3ccc(C(F)(F)F)cc3)sc2C(C)C)cc1C. The van der Waals surface area contributed by atoms with E-state index in [0.29, 0.717) is 28.3 Å². The van der Waals surface area contributed by atoms with Gasteiger partial charge in [0.25, 0.3) is 0 Å². The Morgan fingerprint density at radius 1 is 1.06 bits per heavy atom. The van der Waals surface area contributed by atoms with Gasteiger partial charge in [-0.1, -0.05) is 26.0 Å². The highest BCUT2D eigenvalue weighted by molar-refractivity contribution is 7.15. The van der Waals surface area contributed by atoms with Crippen LogP contribution in [0.1, 0.15) is 79.0 Å². The monoisotopic (exact) mass is 517 g/mol. The lowest BCUT2D eigenvalue weighted by atomic mass is 10.0. The van der Waals surface area contributed by atoms with Crippen molar-refractivity contribution < 1.29 is 27.5 Å². The molecule has 36 heavy (non-hydrogen) atoms. The predicted octanol–water partition coefficient (Wildman–Crippen LogP) is 7.82. The van der Waals surface area contributed by atoms with Crippen LogP contribution in [0, 0.1) is 6.92 Å². The van der Waals surface area contributed by atoms with E-state index in [1.54, 1.807) is 32.0 Å². The maximum absolute atomic E-state index is 12.9. The number of nitrogens with zero attached hydrogens (tertiary/aromatic N) is 1. The lowest BCUT2D eigenvalue weighted by Gasteiger charge is -2.24. The summed E-state index contributed by atoms with van der Waals surface area (Å²) in [6, 6.07) is 10.1. The zero-order valence-electron chi connectivity index (χ0n) is 21.2. The average Bonchev–Trinajstić information content (AvgIpc) is 3.23. The van der Waals surface area contributed by atoms with E-state index in [9.17, 15) is 22.8 Å². The van der Waals surface area contributed by atoms with Crippen LogP contribution in [0.15, 0.2) is 42.5 Å². The molecule has 0 amide bonds. The van der Waals surface area contributed by atoms with Gasteiger partial charge < -0.3 is 4.74 Å². The molecular formula is C28H30F3NO3S. The number of aryl methyl sites for hydroxylation is 2. The summed E-state index contributed by atoms with van der Waals surface area (Å²) in [6.07, 6.45) is -3.71. The number of ketones is 2. The van der Waals surface area contributed by atoms with E-state index in [1.165, 1.54) is 30.4 Å². The van der Waals surface area contributed by atoms with Crippen LogP contribution in [-0.4, -0.2) is 22.2 Å². The lowest BCUT2D eigenvalue weighted by Crippen LogP contribution is -2.36. The molecule has 192 valence electrons. The lowest BCUT2D eigenvalue weighted by molar-refractivity contribution is -0.137. The minimum atomic E-state index is -4.39. The van der Waals surface area contributed by atoms with Crippen molar-refractivity contribution >= 4 is 22.9 Å². The average molecular weight is 518 g/mol. The zero-order chi connectivity index (χ0) is 26.8. The number of benzene rings is 2. The molecule has 4 nitrogen and oxygen atoms in total. The van der Waals surface area contributed by atoms with E-state index < -0.39 is 17.3 Å². The van der Waals surface area contributed by atoms with Crippen LogP contribution in [0.4, 0.5) is 13.2 Å². The van der Waals surface area contributed by atoms with E-state index in [1.807, 2.05) is 20.8 Å². The van der Waals surface area contributed by atoms with Crippen LogP contribution in [0.2, 0.25) is 0 Å². The molecule has 1 aromatic heterocycles. The van der Waals surface area contributed by atoms with Gasteiger partial charge in [0.2, 0.25) is 0 Å². The molecule has 0 saturated carbocycles. The second-order valence-corrected chi connectivity index (χ2v) is 10.7. The van der Waals surface area contributed by atoms with Gasteiger partial charge in [0, 0.05) is 22.4 Å². The molecular weight excluding hydrogens is 487 g/mol. The number of aromatic nitrogens is 1. The Hall–Kier alpha value is -3.00. The number of carbonyl (C=O) groups is 2. The van der Waals surface area contributed by atoms with Gasteiger partial charge in [-0.25, -0.2) is 4.98 Å². The molecule has 0 aliphatic rings. The third kappa shape index (κ3) is 6.40. The normalized spacial score (nSPS) is 12.2. The fourth-order valence-electron chi connectivity index (χ4n) is 3.58. The molecule has 3 rings (SSSR count). The van der Waals surface area contributed by atoms with Gasteiger partial charge in [-0.2, -0.15) is 13.2 Å². The molecule has 3 aromatic rings. The van der Waals surface area contributed by atoms with Gasteiger partial charge in [-0.05, 0) is 75.9 Å². The van der Waals surface area contributed by atoms with Gasteiger partial charge in [-0.3, -0.25) is 9.59 Å². The number of Topliss-reactive ketones (excluding diaryl/α,β-unsaturated/α-hetero) is 2. The van der Waals surface area contributed by atoms with Crippen LogP contribution < -0.4 is 4.74 Å². The smallest absolute Gasteiger partial charge is 0.416 e.